The Balaban J connectivity index is 3.12. The summed E-state index contributed by atoms with van der Waals surface area (Å²) in [5.41, 5.74) is 0.0404. The van der Waals surface area contributed by atoms with E-state index in [9.17, 15) is 18.3 Å². The molecule has 0 radical (unpaired) electrons. The van der Waals surface area contributed by atoms with Crippen molar-refractivity contribution in [2.24, 2.45) is 0 Å². The van der Waals surface area contributed by atoms with Gasteiger partial charge in [-0.3, -0.25) is 9.52 Å². The number of esters is 1. The van der Waals surface area contributed by atoms with Crippen molar-refractivity contribution < 1.29 is 23.1 Å². The smallest absolute Gasteiger partial charge is 0.311 e. The summed E-state index contributed by atoms with van der Waals surface area (Å²) in [6, 6.07) is 4.17. The number of carbonyl (C=O) groups is 1. The minimum absolute atomic E-state index is 0.0404. The fourth-order valence-electron chi connectivity index (χ4n) is 1.14. The Kier molecular flexibility index (Phi) is 4.55. The van der Waals surface area contributed by atoms with Crippen LogP contribution < -0.4 is 9.46 Å². The number of sulfonamides is 1. The first-order chi connectivity index (χ1) is 8.39. The Bertz CT molecular complexity index is 538. The molecule has 1 aromatic rings. The maximum atomic E-state index is 11.5. The number of hydrogen-bond acceptors (Lipinski definition) is 5. The van der Waals surface area contributed by atoms with Crippen LogP contribution in [0.3, 0.4) is 0 Å². The lowest BCUT2D eigenvalue weighted by Gasteiger charge is -2.12. The number of ether oxygens (including phenoxy) is 1. The van der Waals surface area contributed by atoms with Crippen LogP contribution in [0, 0.1) is 0 Å². The summed E-state index contributed by atoms with van der Waals surface area (Å²) >= 11 is 0. The number of para-hydroxylation sites is 1. The summed E-state index contributed by atoms with van der Waals surface area (Å²) in [7, 11) is -3.51. The van der Waals surface area contributed by atoms with Crippen molar-refractivity contribution in [1.29, 1.82) is 0 Å². The standard InChI is InChI=1S/C11H15NO5S/c1-3-10(14)17-11-8(6-5-7-9(11)13)12-18(15,16)4-2/h5-7,12-13H,3-4H2,1-2H3. The van der Waals surface area contributed by atoms with E-state index < -0.39 is 16.0 Å². The molecule has 0 bridgehead atoms. The largest absolute Gasteiger partial charge is 0.504 e. The average molecular weight is 273 g/mol. The first-order valence-electron chi connectivity index (χ1n) is 5.42. The molecule has 1 aromatic carbocycles. The van der Waals surface area contributed by atoms with Crippen LogP contribution in [0.2, 0.25) is 0 Å². The molecule has 0 aliphatic rings. The van der Waals surface area contributed by atoms with Gasteiger partial charge in [-0.05, 0) is 19.1 Å². The number of phenols is 1. The topological polar surface area (TPSA) is 92.7 Å². The van der Waals surface area contributed by atoms with Crippen molar-refractivity contribution >= 4 is 21.7 Å². The molecule has 0 saturated heterocycles. The fourth-order valence-corrected chi connectivity index (χ4v) is 1.78. The predicted octanol–water partition coefficient (Wildman–Crippen LogP) is 1.47. The van der Waals surface area contributed by atoms with Crippen LogP contribution in [0.15, 0.2) is 18.2 Å². The Morgan fingerprint density at radius 3 is 2.61 bits per heavy atom. The van der Waals surface area contributed by atoms with Gasteiger partial charge in [-0.2, -0.15) is 0 Å². The summed E-state index contributed by atoms with van der Waals surface area (Å²) in [5, 5.41) is 9.59. The molecule has 2 N–H and O–H groups in total. The lowest BCUT2D eigenvalue weighted by Crippen LogP contribution is -2.16. The highest BCUT2D eigenvalue weighted by Gasteiger charge is 2.16. The van der Waals surface area contributed by atoms with Gasteiger partial charge in [0.2, 0.25) is 10.0 Å². The summed E-state index contributed by atoms with van der Waals surface area (Å²) in [6.45, 7) is 3.07. The SMILES string of the molecule is CCC(=O)Oc1c(O)cccc1NS(=O)(=O)CC. The number of nitrogens with one attached hydrogen (secondary N) is 1. The quantitative estimate of drug-likeness (QED) is 0.626. The van der Waals surface area contributed by atoms with Crippen LogP contribution in [-0.2, 0) is 14.8 Å². The summed E-state index contributed by atoms with van der Waals surface area (Å²) < 4.78 is 30.1. The Morgan fingerprint density at radius 2 is 2.06 bits per heavy atom. The average Bonchev–Trinajstić information content (AvgIpc) is 2.33. The van der Waals surface area contributed by atoms with Crippen molar-refractivity contribution in [1.82, 2.24) is 0 Å². The lowest BCUT2D eigenvalue weighted by atomic mass is 10.3. The maximum absolute atomic E-state index is 11.5. The molecule has 0 spiro atoms. The first kappa shape index (κ1) is 14.3. The van der Waals surface area contributed by atoms with Crippen molar-refractivity contribution in [3.8, 4) is 11.5 Å². The number of carbonyl (C=O) groups excluding carboxylic acids is 1. The molecule has 0 amide bonds. The monoisotopic (exact) mass is 273 g/mol. The van der Waals surface area contributed by atoms with Gasteiger partial charge in [-0.25, -0.2) is 8.42 Å². The van der Waals surface area contributed by atoms with E-state index in [1.54, 1.807) is 6.92 Å². The van der Waals surface area contributed by atoms with E-state index in [0.29, 0.717) is 0 Å². The fraction of sp³-hybridized carbons (Fsp3) is 0.364. The Hall–Kier alpha value is -1.76. The molecule has 0 aliphatic carbocycles. The molecule has 0 fully saturated rings. The van der Waals surface area contributed by atoms with Crippen molar-refractivity contribution in [3.63, 3.8) is 0 Å². The van der Waals surface area contributed by atoms with E-state index in [1.165, 1.54) is 25.1 Å². The van der Waals surface area contributed by atoms with Gasteiger partial charge in [0.1, 0.15) is 0 Å². The third-order valence-electron chi connectivity index (χ3n) is 2.14. The van der Waals surface area contributed by atoms with E-state index in [4.69, 9.17) is 4.74 Å². The first-order valence-corrected chi connectivity index (χ1v) is 7.08. The number of phenolic OH excluding ortho intramolecular Hbond substituents is 1. The summed E-state index contributed by atoms with van der Waals surface area (Å²) in [5.74, 6) is -1.16. The van der Waals surface area contributed by atoms with E-state index >= 15 is 0 Å². The number of benzene rings is 1. The molecule has 6 nitrogen and oxygen atoms in total. The third kappa shape index (κ3) is 3.63. The summed E-state index contributed by atoms with van der Waals surface area (Å²) in [4.78, 5) is 11.2. The van der Waals surface area contributed by atoms with Gasteiger partial charge in [0.15, 0.2) is 11.5 Å². The molecular formula is C11H15NO5S. The molecule has 18 heavy (non-hydrogen) atoms. The van der Waals surface area contributed by atoms with Gasteiger partial charge in [0.05, 0.1) is 11.4 Å². The van der Waals surface area contributed by atoms with Crippen molar-refractivity contribution in [2.45, 2.75) is 20.3 Å². The highest BCUT2D eigenvalue weighted by molar-refractivity contribution is 7.92. The van der Waals surface area contributed by atoms with Gasteiger partial charge < -0.3 is 9.84 Å². The molecule has 0 saturated carbocycles. The zero-order chi connectivity index (χ0) is 13.8. The van der Waals surface area contributed by atoms with Crippen LogP contribution in [0.4, 0.5) is 5.69 Å². The van der Waals surface area contributed by atoms with Gasteiger partial charge in [0, 0.05) is 6.42 Å². The van der Waals surface area contributed by atoms with Crippen LogP contribution in [-0.4, -0.2) is 25.2 Å². The van der Waals surface area contributed by atoms with E-state index in [2.05, 4.69) is 4.72 Å². The van der Waals surface area contributed by atoms with Gasteiger partial charge in [-0.1, -0.05) is 13.0 Å². The highest BCUT2D eigenvalue weighted by Crippen LogP contribution is 2.35. The van der Waals surface area contributed by atoms with Gasteiger partial charge in [0.25, 0.3) is 0 Å². The second-order valence-electron chi connectivity index (χ2n) is 3.49. The minimum Gasteiger partial charge on any atom is -0.504 e. The lowest BCUT2D eigenvalue weighted by molar-refractivity contribution is -0.134. The molecule has 0 aromatic heterocycles. The molecule has 0 atom stereocenters. The normalized spacial score (nSPS) is 11.0. The second kappa shape index (κ2) is 5.72. The molecule has 0 heterocycles. The maximum Gasteiger partial charge on any atom is 0.311 e. The Labute approximate surface area is 106 Å². The van der Waals surface area contributed by atoms with E-state index in [1.807, 2.05) is 0 Å². The number of rotatable bonds is 5. The van der Waals surface area contributed by atoms with Gasteiger partial charge in [-0.15, -0.1) is 0 Å². The van der Waals surface area contributed by atoms with Crippen molar-refractivity contribution in [2.75, 3.05) is 10.5 Å². The van der Waals surface area contributed by atoms with Crippen LogP contribution in [0.5, 0.6) is 11.5 Å². The van der Waals surface area contributed by atoms with Crippen LogP contribution in [0.25, 0.3) is 0 Å². The molecule has 7 heteroatoms. The molecule has 100 valence electrons. The summed E-state index contributed by atoms with van der Waals surface area (Å²) in [6.07, 6.45) is 0.119. The van der Waals surface area contributed by atoms with Crippen LogP contribution >= 0.6 is 0 Å². The second-order valence-corrected chi connectivity index (χ2v) is 5.50. The predicted molar refractivity (Wildman–Crippen MR) is 67.1 cm³/mol. The number of anilines is 1. The number of aromatic hydroxyl groups is 1. The van der Waals surface area contributed by atoms with Crippen LogP contribution in [0.1, 0.15) is 20.3 Å². The van der Waals surface area contributed by atoms with Crippen molar-refractivity contribution in [3.05, 3.63) is 18.2 Å². The zero-order valence-electron chi connectivity index (χ0n) is 10.1. The zero-order valence-corrected chi connectivity index (χ0v) is 11.0. The molecular weight excluding hydrogens is 258 g/mol. The van der Waals surface area contributed by atoms with Gasteiger partial charge >= 0.3 is 5.97 Å². The van der Waals surface area contributed by atoms with E-state index in [0.717, 1.165) is 0 Å². The molecule has 0 aliphatic heterocycles. The third-order valence-corrected chi connectivity index (χ3v) is 3.44. The Morgan fingerprint density at radius 1 is 1.39 bits per heavy atom. The highest BCUT2D eigenvalue weighted by atomic mass is 32.2. The molecule has 0 unspecified atom stereocenters. The minimum atomic E-state index is -3.51. The van der Waals surface area contributed by atoms with E-state index in [-0.39, 0.29) is 29.4 Å². The number of hydrogen-bond donors (Lipinski definition) is 2. The molecule has 1 rings (SSSR count).